The standard InChI is InChI=1S/C106H96BN3Si2/c1-103(2,3)77-61-75(62-78(67-77)104(4,5)6)73-37-35-38-81(65-73)108-98-60-57-74(76-63-79(105(7,8)9)68-80(64-76)106(10,11)12)66-95(98)107-94-59-58-91(112(87-46-25-16-26-47-87,88-48-27-17-28-49-88)89-50-29-18-30-51-89)72-99(94)109(101-71-83(70-100(108)102(101)107)110-96-55-33-31-53-92(96)93-54-32-34-56-97(93)110)82-39-36-52-90(69-82)111(84-40-19-13-20-41-84,85-42-21-14-22-43-85)86-44-23-15-24-45-86/h13-72H,1-12H3. The largest absolute Gasteiger partial charge is 0.311 e. The summed E-state index contributed by atoms with van der Waals surface area (Å²) in [7, 11) is -6.37. The topological polar surface area (TPSA) is 11.4 Å². The second-order valence-corrected chi connectivity index (χ2v) is 42.9. The van der Waals surface area contributed by atoms with Crippen LogP contribution in [0.4, 0.5) is 34.1 Å². The molecule has 0 saturated heterocycles. The number of nitrogens with zero attached hydrogens (tertiary/aromatic N) is 3. The van der Waals surface area contributed by atoms with Crippen molar-refractivity contribution in [2.75, 3.05) is 9.80 Å². The van der Waals surface area contributed by atoms with Crippen molar-refractivity contribution in [2.45, 2.75) is 105 Å². The molecule has 0 N–H and O–H groups in total. The Kier molecular flexibility index (Phi) is 17.7. The van der Waals surface area contributed by atoms with Gasteiger partial charge in [0.2, 0.25) is 0 Å². The van der Waals surface area contributed by atoms with Gasteiger partial charge in [0.25, 0.3) is 6.71 Å². The molecule has 0 saturated carbocycles. The van der Waals surface area contributed by atoms with Gasteiger partial charge in [-0.2, -0.15) is 0 Å². The molecule has 0 bridgehead atoms. The van der Waals surface area contributed by atoms with E-state index in [9.17, 15) is 0 Å². The van der Waals surface area contributed by atoms with Crippen molar-refractivity contribution in [1.82, 2.24) is 4.57 Å². The summed E-state index contributed by atoms with van der Waals surface area (Å²) in [5.74, 6) is 0. The summed E-state index contributed by atoms with van der Waals surface area (Å²) in [6.45, 7) is 28.0. The Labute approximate surface area is 665 Å². The first-order valence-corrected chi connectivity index (χ1v) is 44.0. The van der Waals surface area contributed by atoms with Crippen molar-refractivity contribution in [3.63, 3.8) is 0 Å². The summed E-state index contributed by atoms with van der Waals surface area (Å²) >= 11 is 0. The number of para-hydroxylation sites is 2. The van der Waals surface area contributed by atoms with Crippen molar-refractivity contribution in [3.05, 3.63) is 386 Å². The van der Waals surface area contributed by atoms with E-state index in [1.54, 1.807) is 0 Å². The van der Waals surface area contributed by atoms with Crippen LogP contribution in [0, 0.1) is 0 Å². The van der Waals surface area contributed by atoms with Crippen LogP contribution in [0.15, 0.2) is 364 Å². The molecule has 2 aliphatic rings. The van der Waals surface area contributed by atoms with Crippen LogP contribution in [0.5, 0.6) is 0 Å². The summed E-state index contributed by atoms with van der Waals surface area (Å²) in [5.41, 5.74) is 23.7. The van der Waals surface area contributed by atoms with Gasteiger partial charge in [0.15, 0.2) is 16.1 Å². The third-order valence-corrected chi connectivity index (χ3v) is 33.8. The molecule has 3 nitrogen and oxygen atoms in total. The molecule has 112 heavy (non-hydrogen) atoms. The van der Waals surface area contributed by atoms with Crippen molar-refractivity contribution in [3.8, 4) is 27.9 Å². The summed E-state index contributed by atoms with van der Waals surface area (Å²) in [6, 6.07) is 141. The second-order valence-electron chi connectivity index (χ2n) is 35.3. The van der Waals surface area contributed by atoms with Crippen LogP contribution in [-0.4, -0.2) is 27.4 Å². The molecule has 18 rings (SSSR count). The summed E-state index contributed by atoms with van der Waals surface area (Å²) < 4.78 is 2.56. The van der Waals surface area contributed by atoms with E-state index in [0.717, 1.165) is 50.8 Å². The number of rotatable bonds is 13. The van der Waals surface area contributed by atoms with Gasteiger partial charge in [-0.25, -0.2) is 0 Å². The zero-order valence-corrected chi connectivity index (χ0v) is 68.6. The third-order valence-electron chi connectivity index (χ3n) is 24.2. The molecule has 15 aromatic carbocycles. The lowest BCUT2D eigenvalue weighted by Crippen LogP contribution is -2.75. The molecule has 6 heteroatoms. The maximum absolute atomic E-state index is 3.22. The Balaban J connectivity index is 1.01. The van der Waals surface area contributed by atoms with Crippen molar-refractivity contribution in [1.29, 1.82) is 0 Å². The molecule has 0 amide bonds. The van der Waals surface area contributed by atoms with Gasteiger partial charge >= 0.3 is 0 Å². The minimum Gasteiger partial charge on any atom is -0.311 e. The van der Waals surface area contributed by atoms with Crippen molar-refractivity contribution in [2.24, 2.45) is 0 Å². The van der Waals surface area contributed by atoms with Crippen molar-refractivity contribution >= 4 is 137 Å². The van der Waals surface area contributed by atoms with Gasteiger partial charge in [-0.1, -0.05) is 386 Å². The molecule has 3 heterocycles. The smallest absolute Gasteiger partial charge is 0.252 e. The quantitative estimate of drug-likeness (QED) is 0.0842. The molecule has 2 aliphatic heterocycles. The van der Waals surface area contributed by atoms with Gasteiger partial charge in [-0.05, 0) is 185 Å². The first-order valence-electron chi connectivity index (χ1n) is 40.0. The molecule has 0 aliphatic carbocycles. The lowest BCUT2D eigenvalue weighted by molar-refractivity contribution is 0.568. The van der Waals surface area contributed by atoms with Gasteiger partial charge in [0.1, 0.15) is 0 Å². The highest BCUT2D eigenvalue weighted by Gasteiger charge is 2.49. The number of fused-ring (bicyclic) bond motifs is 7. The van der Waals surface area contributed by atoms with Crippen LogP contribution >= 0.6 is 0 Å². The molecule has 0 unspecified atom stereocenters. The fourth-order valence-corrected chi connectivity index (χ4v) is 28.0. The van der Waals surface area contributed by atoms with Crippen LogP contribution in [0.2, 0.25) is 0 Å². The molecular formula is C106H96BN3Si2. The second kappa shape index (κ2) is 27.6. The minimum atomic E-state index is -3.22. The zero-order chi connectivity index (χ0) is 77.1. The predicted molar refractivity (Wildman–Crippen MR) is 488 cm³/mol. The van der Waals surface area contributed by atoms with Gasteiger partial charge in [-0.3, -0.25) is 0 Å². The highest BCUT2D eigenvalue weighted by molar-refractivity contribution is 7.20. The van der Waals surface area contributed by atoms with Crippen LogP contribution in [0.1, 0.15) is 105 Å². The maximum atomic E-state index is 2.73. The highest BCUT2D eigenvalue weighted by Crippen LogP contribution is 2.49. The third kappa shape index (κ3) is 12.2. The van der Waals surface area contributed by atoms with E-state index in [2.05, 4.69) is 461 Å². The van der Waals surface area contributed by atoms with E-state index >= 15 is 0 Å². The zero-order valence-electron chi connectivity index (χ0n) is 66.6. The first kappa shape index (κ1) is 71.8. The van der Waals surface area contributed by atoms with Crippen LogP contribution in [0.3, 0.4) is 0 Å². The molecular weight excluding hydrogens is 1380 g/mol. The molecule has 0 radical (unpaired) electrons. The van der Waals surface area contributed by atoms with E-state index in [0.29, 0.717) is 0 Å². The molecule has 0 spiro atoms. The Bertz CT molecular complexity index is 5930. The van der Waals surface area contributed by atoms with E-state index in [4.69, 9.17) is 0 Å². The number of anilines is 6. The average Bonchev–Trinajstić information content (AvgIpc) is 0.840. The van der Waals surface area contributed by atoms with E-state index in [1.165, 1.54) is 113 Å². The monoisotopic (exact) mass is 1480 g/mol. The summed E-state index contributed by atoms with van der Waals surface area (Å²) in [6.07, 6.45) is 0. The number of hydrogen-bond donors (Lipinski definition) is 0. The lowest BCUT2D eigenvalue weighted by atomic mass is 9.33. The fourth-order valence-electron chi connectivity index (χ4n) is 18.4. The van der Waals surface area contributed by atoms with Gasteiger partial charge in [0.05, 0.1) is 16.7 Å². The highest BCUT2D eigenvalue weighted by atomic mass is 28.3. The summed E-state index contributed by atoms with van der Waals surface area (Å²) in [5, 5.41) is 13.0. The number of benzene rings is 15. The van der Waals surface area contributed by atoms with Crippen LogP contribution in [-0.2, 0) is 21.7 Å². The maximum Gasteiger partial charge on any atom is 0.252 e. The van der Waals surface area contributed by atoms with Gasteiger partial charge < -0.3 is 14.4 Å². The summed E-state index contributed by atoms with van der Waals surface area (Å²) in [4.78, 5) is 5.39. The Morgan fingerprint density at radius 2 is 0.571 bits per heavy atom. The fraction of sp³-hybridized carbons (Fsp3) is 0.151. The molecule has 546 valence electrons. The molecule has 1 aromatic heterocycles. The van der Waals surface area contributed by atoms with Gasteiger partial charge in [-0.15, -0.1) is 0 Å². The predicted octanol–water partition coefficient (Wildman–Crippen LogP) is 20.1. The Morgan fingerprint density at radius 1 is 0.223 bits per heavy atom. The minimum absolute atomic E-state index is 0.0798. The lowest BCUT2D eigenvalue weighted by Gasteiger charge is -2.45. The molecule has 16 aromatic rings. The number of aromatic nitrogens is 1. The Hall–Kier alpha value is -11.8. The molecule has 0 fully saturated rings. The SMILES string of the molecule is CC(C)(C)c1cc(-c2cccc(N3c4ccc(-c5cc(C(C)(C)C)cc(C(C)(C)C)c5)cc4B4c5ccc([Si](c6ccccc6)(c6ccccc6)c6ccccc6)cc5N(c5cccc([Si](c6ccccc6)(c6ccccc6)c6ccccc6)c5)c5cc(-n6c7ccccc7c7ccccc76)cc3c54)c2)cc(C(C)(C)C)c1. The molecule has 0 atom stereocenters. The van der Waals surface area contributed by atoms with Crippen LogP contribution in [0.25, 0.3) is 49.7 Å². The number of hydrogen-bond acceptors (Lipinski definition) is 2. The normalized spacial score (nSPS) is 13.1. The average molecular weight is 1480 g/mol. The van der Waals surface area contributed by atoms with E-state index < -0.39 is 16.1 Å². The van der Waals surface area contributed by atoms with Gasteiger partial charge in [0, 0.05) is 44.9 Å². The van der Waals surface area contributed by atoms with E-state index in [1.807, 2.05) is 0 Å². The Morgan fingerprint density at radius 3 is 0.982 bits per heavy atom. The van der Waals surface area contributed by atoms with E-state index in [-0.39, 0.29) is 28.4 Å². The first-order chi connectivity index (χ1) is 54.1. The van der Waals surface area contributed by atoms with Crippen LogP contribution < -0.4 is 67.7 Å². The van der Waals surface area contributed by atoms with Crippen molar-refractivity contribution < 1.29 is 0 Å².